The molecule has 0 aliphatic carbocycles. The minimum absolute atomic E-state index is 0.0121. The lowest BCUT2D eigenvalue weighted by molar-refractivity contribution is 0.0586. The summed E-state index contributed by atoms with van der Waals surface area (Å²) in [4.78, 5) is 19.8. The highest BCUT2D eigenvalue weighted by molar-refractivity contribution is 6.34. The molecule has 0 spiro atoms. The monoisotopic (exact) mass is 403 g/mol. The first kappa shape index (κ1) is 20.1. The molecule has 2 amide bonds. The third-order valence-electron chi connectivity index (χ3n) is 4.30. The van der Waals surface area contributed by atoms with Crippen LogP contribution in [-0.2, 0) is 11.4 Å². The summed E-state index contributed by atoms with van der Waals surface area (Å²) < 4.78 is 13.5. The lowest BCUT2D eigenvalue weighted by Crippen LogP contribution is -2.45. The van der Waals surface area contributed by atoms with E-state index in [0.29, 0.717) is 23.6 Å². The van der Waals surface area contributed by atoms with Gasteiger partial charge in [0.1, 0.15) is 5.82 Å². The Bertz CT molecular complexity index is 872. The second kappa shape index (κ2) is 9.06. The zero-order valence-corrected chi connectivity index (χ0v) is 16.6. The average Bonchev–Trinajstić information content (AvgIpc) is 3.09. The van der Waals surface area contributed by atoms with Gasteiger partial charge in [-0.3, -0.25) is 0 Å². The van der Waals surface area contributed by atoms with Crippen LogP contribution in [0.3, 0.4) is 0 Å². The second-order valence-corrected chi connectivity index (χ2v) is 7.47. The molecule has 2 aromatic carbocycles. The smallest absolute Gasteiger partial charge is 0.318 e. The molecular weight excluding hydrogens is 381 g/mol. The Morgan fingerprint density at radius 1 is 1.32 bits per heavy atom. The van der Waals surface area contributed by atoms with Gasteiger partial charge < -0.3 is 15.1 Å². The van der Waals surface area contributed by atoms with Gasteiger partial charge in [0, 0.05) is 29.6 Å². The van der Waals surface area contributed by atoms with Gasteiger partial charge in [0.15, 0.2) is 6.10 Å². The summed E-state index contributed by atoms with van der Waals surface area (Å²) in [5.41, 5.74) is 2.30. The molecule has 0 saturated heterocycles. The van der Waals surface area contributed by atoms with Crippen LogP contribution < -0.4 is 5.32 Å². The summed E-state index contributed by atoms with van der Waals surface area (Å²) in [5.74, 6) is -0.330. The van der Waals surface area contributed by atoms with Gasteiger partial charge in [-0.05, 0) is 37.6 Å². The van der Waals surface area contributed by atoms with E-state index >= 15 is 0 Å². The van der Waals surface area contributed by atoms with Gasteiger partial charge in [-0.25, -0.2) is 9.18 Å². The molecule has 2 aromatic rings. The summed E-state index contributed by atoms with van der Waals surface area (Å²) in [6.45, 7) is 4.38. The van der Waals surface area contributed by atoms with Crippen LogP contribution in [0.25, 0.3) is 0 Å². The Balaban J connectivity index is 1.69. The number of oxime groups is 1. The molecule has 0 radical (unpaired) electrons. The molecule has 0 aromatic heterocycles. The Morgan fingerprint density at radius 3 is 2.82 bits per heavy atom. The number of amides is 2. The fraction of sp³-hybridized carbons (Fsp3) is 0.333. The highest BCUT2D eigenvalue weighted by atomic mass is 35.5. The van der Waals surface area contributed by atoms with E-state index in [-0.39, 0.29) is 30.5 Å². The summed E-state index contributed by atoms with van der Waals surface area (Å²) in [6.07, 6.45) is 0.246. The van der Waals surface area contributed by atoms with Crippen molar-refractivity contribution in [1.82, 2.24) is 10.2 Å². The van der Waals surface area contributed by atoms with E-state index < -0.39 is 0 Å². The number of benzene rings is 2. The molecule has 1 atom stereocenters. The number of hydrogen-bond donors (Lipinski definition) is 1. The molecule has 0 saturated carbocycles. The number of nitrogens with one attached hydrogen (secondary N) is 1. The molecule has 1 aliphatic heterocycles. The maximum Gasteiger partial charge on any atom is 0.318 e. The van der Waals surface area contributed by atoms with E-state index in [2.05, 4.69) is 10.5 Å². The molecular formula is C21H23ClFN3O2. The number of hydrogen-bond acceptors (Lipinski definition) is 3. The Kier molecular flexibility index (Phi) is 6.52. The first-order chi connectivity index (χ1) is 13.4. The van der Waals surface area contributed by atoms with Crippen LogP contribution in [-0.4, -0.2) is 35.3 Å². The fourth-order valence-corrected chi connectivity index (χ4v) is 3.28. The number of urea groups is 1. The molecule has 28 heavy (non-hydrogen) atoms. The zero-order chi connectivity index (χ0) is 20.1. The maximum atomic E-state index is 13.5. The van der Waals surface area contributed by atoms with Crippen LogP contribution in [0.4, 0.5) is 9.18 Å². The van der Waals surface area contributed by atoms with Crippen molar-refractivity contribution in [2.24, 2.45) is 5.16 Å². The van der Waals surface area contributed by atoms with Crippen molar-refractivity contribution < 1.29 is 14.0 Å². The van der Waals surface area contributed by atoms with E-state index in [1.807, 2.05) is 32.0 Å². The highest BCUT2D eigenvalue weighted by Crippen LogP contribution is 2.23. The van der Waals surface area contributed by atoms with Gasteiger partial charge in [0.2, 0.25) is 0 Å². The minimum Gasteiger partial charge on any atom is -0.390 e. The van der Waals surface area contributed by atoms with E-state index in [1.165, 1.54) is 12.1 Å². The second-order valence-electron chi connectivity index (χ2n) is 7.06. The van der Waals surface area contributed by atoms with Crippen molar-refractivity contribution in [1.29, 1.82) is 0 Å². The van der Waals surface area contributed by atoms with Crippen molar-refractivity contribution in [2.45, 2.75) is 39.0 Å². The maximum absolute atomic E-state index is 13.5. The van der Waals surface area contributed by atoms with Crippen molar-refractivity contribution in [3.8, 4) is 0 Å². The summed E-state index contributed by atoms with van der Waals surface area (Å²) in [5, 5.41) is 7.65. The van der Waals surface area contributed by atoms with E-state index in [1.54, 1.807) is 23.1 Å². The first-order valence-electron chi connectivity index (χ1n) is 9.20. The van der Waals surface area contributed by atoms with E-state index in [0.717, 1.165) is 11.3 Å². The van der Waals surface area contributed by atoms with Gasteiger partial charge >= 0.3 is 6.03 Å². The lowest BCUT2D eigenvalue weighted by atomic mass is 10.0. The van der Waals surface area contributed by atoms with Gasteiger partial charge in [-0.1, -0.05) is 47.1 Å². The fourth-order valence-electron chi connectivity index (χ4n) is 3.04. The standard InChI is InChI=1S/C21H23ClFN3O2/c1-14(2)24-21(27)26(12-15-6-5-7-16(23)10-15)13-17-11-20(25-28-17)18-8-3-4-9-19(18)22/h3-10,14,17H,11-13H2,1-2H3,(H,24,27)/t17-/m0/s1. The van der Waals surface area contributed by atoms with Crippen LogP contribution >= 0.6 is 11.6 Å². The number of carbonyl (C=O) groups excluding carboxylic acids is 1. The number of nitrogens with zero attached hydrogens (tertiary/aromatic N) is 2. The number of carbonyl (C=O) groups is 1. The molecule has 0 fully saturated rings. The van der Waals surface area contributed by atoms with Gasteiger partial charge in [-0.2, -0.15) is 0 Å². The van der Waals surface area contributed by atoms with E-state index in [9.17, 15) is 9.18 Å². The molecule has 7 heteroatoms. The number of halogens is 2. The number of rotatable bonds is 6. The van der Waals surface area contributed by atoms with Crippen LogP contribution in [0.5, 0.6) is 0 Å². The van der Waals surface area contributed by atoms with Gasteiger partial charge in [0.25, 0.3) is 0 Å². The van der Waals surface area contributed by atoms with Gasteiger partial charge in [0.05, 0.1) is 12.3 Å². The predicted octanol–water partition coefficient (Wildman–Crippen LogP) is 4.59. The topological polar surface area (TPSA) is 53.9 Å². The molecule has 148 valence electrons. The van der Waals surface area contributed by atoms with Crippen molar-refractivity contribution in [3.05, 3.63) is 70.5 Å². The van der Waals surface area contributed by atoms with Gasteiger partial charge in [-0.15, -0.1) is 0 Å². The highest BCUT2D eigenvalue weighted by Gasteiger charge is 2.28. The Morgan fingerprint density at radius 2 is 2.11 bits per heavy atom. The third kappa shape index (κ3) is 5.23. The van der Waals surface area contributed by atoms with Crippen LogP contribution in [0.1, 0.15) is 31.4 Å². The first-order valence-corrected chi connectivity index (χ1v) is 9.57. The third-order valence-corrected chi connectivity index (χ3v) is 4.63. The molecule has 0 unspecified atom stereocenters. The Hall–Kier alpha value is -2.60. The summed E-state index contributed by atoms with van der Waals surface area (Å²) >= 11 is 6.24. The van der Waals surface area contributed by atoms with Crippen LogP contribution in [0, 0.1) is 5.82 Å². The van der Waals surface area contributed by atoms with Crippen molar-refractivity contribution in [3.63, 3.8) is 0 Å². The SMILES string of the molecule is CC(C)NC(=O)N(Cc1cccc(F)c1)C[C@@H]1CC(c2ccccc2Cl)=NO1. The van der Waals surface area contributed by atoms with Crippen molar-refractivity contribution >= 4 is 23.3 Å². The van der Waals surface area contributed by atoms with Crippen LogP contribution in [0.2, 0.25) is 5.02 Å². The summed E-state index contributed by atoms with van der Waals surface area (Å²) in [7, 11) is 0. The average molecular weight is 404 g/mol. The molecule has 1 N–H and O–H groups in total. The van der Waals surface area contributed by atoms with E-state index in [4.69, 9.17) is 16.4 Å². The Labute approximate surface area is 169 Å². The predicted molar refractivity (Wildman–Crippen MR) is 108 cm³/mol. The largest absolute Gasteiger partial charge is 0.390 e. The van der Waals surface area contributed by atoms with Crippen LogP contribution in [0.15, 0.2) is 53.7 Å². The quantitative estimate of drug-likeness (QED) is 0.766. The molecule has 1 heterocycles. The van der Waals surface area contributed by atoms with Crippen molar-refractivity contribution in [2.75, 3.05) is 6.54 Å². The lowest BCUT2D eigenvalue weighted by Gasteiger charge is -2.26. The molecule has 5 nitrogen and oxygen atoms in total. The summed E-state index contributed by atoms with van der Waals surface area (Å²) in [6, 6.07) is 13.4. The minimum atomic E-state index is -0.330. The molecule has 1 aliphatic rings. The normalized spacial score (nSPS) is 15.9. The molecule has 3 rings (SSSR count). The molecule has 0 bridgehead atoms. The zero-order valence-electron chi connectivity index (χ0n) is 15.9.